The first kappa shape index (κ1) is 18.2. The Morgan fingerprint density at radius 2 is 1.86 bits per heavy atom. The first-order chi connectivity index (χ1) is 13.7. The number of hydrogen-bond donors (Lipinski definition) is 0. The minimum atomic E-state index is -0.404. The molecule has 0 aromatic carbocycles. The van der Waals surface area contributed by atoms with Gasteiger partial charge in [-0.15, -0.1) is 0 Å². The van der Waals surface area contributed by atoms with Gasteiger partial charge in [0.2, 0.25) is 0 Å². The summed E-state index contributed by atoms with van der Waals surface area (Å²) in [6.07, 6.45) is 5.97. The van der Waals surface area contributed by atoms with Gasteiger partial charge in [0.05, 0.1) is 18.4 Å². The van der Waals surface area contributed by atoms with Crippen LogP contribution in [0.5, 0.6) is 0 Å². The maximum absolute atomic E-state index is 13.8. The van der Waals surface area contributed by atoms with Crippen LogP contribution in [0.2, 0.25) is 0 Å². The zero-order valence-corrected chi connectivity index (χ0v) is 15.3. The number of pyridine rings is 1. The molecular weight excluding hydrogens is 361 g/mol. The van der Waals surface area contributed by atoms with Gasteiger partial charge < -0.3 is 4.90 Å². The molecular formula is C19H20FN7O. The molecule has 3 aromatic heterocycles. The van der Waals surface area contributed by atoms with E-state index in [-0.39, 0.29) is 5.56 Å². The third kappa shape index (κ3) is 4.04. The molecule has 4 heterocycles. The molecule has 28 heavy (non-hydrogen) atoms. The van der Waals surface area contributed by atoms with Gasteiger partial charge in [0.1, 0.15) is 6.33 Å². The van der Waals surface area contributed by atoms with E-state index in [9.17, 15) is 9.18 Å². The Hall–Kier alpha value is -3.20. The number of aromatic nitrogens is 5. The summed E-state index contributed by atoms with van der Waals surface area (Å²) in [6, 6.07) is 7.00. The van der Waals surface area contributed by atoms with Crippen LogP contribution < -0.4 is 10.5 Å². The number of nitrogens with zero attached hydrogens (tertiary/aromatic N) is 7. The molecule has 1 saturated heterocycles. The monoisotopic (exact) mass is 381 g/mol. The summed E-state index contributed by atoms with van der Waals surface area (Å²) in [4.78, 5) is 28.1. The Balaban J connectivity index is 1.37. The molecule has 0 aliphatic carbocycles. The molecule has 0 saturated carbocycles. The summed E-state index contributed by atoms with van der Waals surface area (Å²) in [7, 11) is 0. The fourth-order valence-corrected chi connectivity index (χ4v) is 3.24. The molecule has 0 unspecified atom stereocenters. The zero-order valence-electron chi connectivity index (χ0n) is 15.3. The van der Waals surface area contributed by atoms with Crippen LogP contribution in [0.4, 0.5) is 10.2 Å². The van der Waals surface area contributed by atoms with Crippen molar-refractivity contribution in [3.8, 4) is 11.3 Å². The van der Waals surface area contributed by atoms with Crippen LogP contribution in [0.1, 0.15) is 0 Å². The van der Waals surface area contributed by atoms with E-state index in [2.05, 4.69) is 25.0 Å². The number of anilines is 1. The number of rotatable bonds is 5. The summed E-state index contributed by atoms with van der Waals surface area (Å²) in [5, 5.41) is 4.46. The van der Waals surface area contributed by atoms with E-state index < -0.39 is 5.82 Å². The lowest BCUT2D eigenvalue weighted by Gasteiger charge is -2.35. The van der Waals surface area contributed by atoms with Crippen molar-refractivity contribution >= 4 is 5.82 Å². The van der Waals surface area contributed by atoms with Crippen molar-refractivity contribution in [2.24, 2.45) is 0 Å². The van der Waals surface area contributed by atoms with E-state index in [1.54, 1.807) is 18.5 Å². The lowest BCUT2D eigenvalue weighted by molar-refractivity contribution is 0.241. The highest BCUT2D eigenvalue weighted by Crippen LogP contribution is 2.16. The SMILES string of the molecule is O=c1ccc(-c2cccnc2)nn1CCN1CCN(c2ncncc2F)CC1. The fraction of sp³-hybridized carbons (Fsp3) is 0.316. The van der Waals surface area contributed by atoms with Gasteiger partial charge in [-0.3, -0.25) is 14.7 Å². The molecule has 0 amide bonds. The zero-order chi connectivity index (χ0) is 19.3. The van der Waals surface area contributed by atoms with Gasteiger partial charge in [0.25, 0.3) is 5.56 Å². The van der Waals surface area contributed by atoms with E-state index in [1.807, 2.05) is 17.0 Å². The molecule has 0 atom stereocenters. The number of halogens is 1. The maximum Gasteiger partial charge on any atom is 0.266 e. The lowest BCUT2D eigenvalue weighted by atomic mass is 10.2. The largest absolute Gasteiger partial charge is 0.352 e. The van der Waals surface area contributed by atoms with Crippen molar-refractivity contribution in [1.29, 1.82) is 0 Å². The molecule has 9 heteroatoms. The van der Waals surface area contributed by atoms with Crippen molar-refractivity contribution < 1.29 is 4.39 Å². The van der Waals surface area contributed by atoms with Crippen molar-refractivity contribution in [2.75, 3.05) is 37.6 Å². The second-order valence-electron chi connectivity index (χ2n) is 6.54. The van der Waals surface area contributed by atoms with Crippen molar-refractivity contribution in [1.82, 2.24) is 29.6 Å². The molecule has 144 valence electrons. The van der Waals surface area contributed by atoms with Crippen LogP contribution in [-0.4, -0.2) is 62.4 Å². The number of piperazine rings is 1. The quantitative estimate of drug-likeness (QED) is 0.654. The molecule has 8 nitrogen and oxygen atoms in total. The van der Waals surface area contributed by atoms with Gasteiger partial charge in [-0.05, 0) is 18.2 Å². The third-order valence-electron chi connectivity index (χ3n) is 4.77. The summed E-state index contributed by atoms with van der Waals surface area (Å²) in [5.41, 5.74) is 1.46. The Bertz CT molecular complexity index is 987. The maximum atomic E-state index is 13.8. The highest BCUT2D eigenvalue weighted by Gasteiger charge is 2.20. The number of hydrogen-bond acceptors (Lipinski definition) is 7. The second kappa shape index (κ2) is 8.22. The van der Waals surface area contributed by atoms with Gasteiger partial charge in [-0.2, -0.15) is 5.10 Å². The van der Waals surface area contributed by atoms with Gasteiger partial charge in [0, 0.05) is 56.7 Å². The Labute approximate surface area is 161 Å². The van der Waals surface area contributed by atoms with E-state index in [1.165, 1.54) is 23.3 Å². The first-order valence-electron chi connectivity index (χ1n) is 9.12. The predicted octanol–water partition coefficient (Wildman–Crippen LogP) is 1.06. The molecule has 3 aromatic rings. The van der Waals surface area contributed by atoms with E-state index >= 15 is 0 Å². The fourth-order valence-electron chi connectivity index (χ4n) is 3.24. The van der Waals surface area contributed by atoms with Crippen LogP contribution in [0.3, 0.4) is 0 Å². The highest BCUT2D eigenvalue weighted by molar-refractivity contribution is 5.56. The third-order valence-corrected chi connectivity index (χ3v) is 4.77. The van der Waals surface area contributed by atoms with Crippen LogP contribution in [0.25, 0.3) is 11.3 Å². The minimum absolute atomic E-state index is 0.130. The van der Waals surface area contributed by atoms with Crippen LogP contribution in [0.15, 0.2) is 54.0 Å². The van der Waals surface area contributed by atoms with Gasteiger partial charge in [-0.1, -0.05) is 0 Å². The van der Waals surface area contributed by atoms with Crippen LogP contribution in [-0.2, 0) is 6.54 Å². The molecule has 1 aliphatic heterocycles. The highest BCUT2D eigenvalue weighted by atomic mass is 19.1. The van der Waals surface area contributed by atoms with Crippen LogP contribution >= 0.6 is 0 Å². The van der Waals surface area contributed by atoms with Gasteiger partial charge in [0.15, 0.2) is 11.6 Å². The molecule has 1 aliphatic rings. The molecule has 0 radical (unpaired) electrons. The minimum Gasteiger partial charge on any atom is -0.352 e. The summed E-state index contributed by atoms with van der Waals surface area (Å²) in [6.45, 7) is 4.07. The molecule has 0 N–H and O–H groups in total. The summed E-state index contributed by atoms with van der Waals surface area (Å²) in [5.74, 6) is -0.0596. The van der Waals surface area contributed by atoms with E-state index in [4.69, 9.17) is 0 Å². The summed E-state index contributed by atoms with van der Waals surface area (Å²) < 4.78 is 15.3. The van der Waals surface area contributed by atoms with Crippen molar-refractivity contribution in [2.45, 2.75) is 6.54 Å². The van der Waals surface area contributed by atoms with E-state index in [0.29, 0.717) is 32.0 Å². The smallest absolute Gasteiger partial charge is 0.266 e. The standard InChI is InChI=1S/C19H20FN7O/c20-16-13-22-14-23-19(16)26-9-6-25(7-10-26)8-11-27-18(28)4-3-17(24-27)15-2-1-5-21-12-15/h1-5,12-14H,6-11H2. The topological polar surface area (TPSA) is 80.0 Å². The average molecular weight is 381 g/mol. The summed E-state index contributed by atoms with van der Waals surface area (Å²) >= 11 is 0. The predicted molar refractivity (Wildman–Crippen MR) is 102 cm³/mol. The second-order valence-corrected chi connectivity index (χ2v) is 6.54. The molecule has 0 spiro atoms. The van der Waals surface area contributed by atoms with Gasteiger partial charge in [-0.25, -0.2) is 19.0 Å². The Morgan fingerprint density at radius 1 is 1.00 bits per heavy atom. The lowest BCUT2D eigenvalue weighted by Crippen LogP contribution is -2.48. The van der Waals surface area contributed by atoms with Crippen molar-refractivity contribution in [3.63, 3.8) is 0 Å². The average Bonchev–Trinajstić information content (AvgIpc) is 2.75. The molecule has 4 rings (SSSR count). The van der Waals surface area contributed by atoms with Gasteiger partial charge >= 0.3 is 0 Å². The van der Waals surface area contributed by atoms with Crippen LogP contribution in [0, 0.1) is 5.82 Å². The Kier molecular flexibility index (Phi) is 5.34. The molecule has 1 fully saturated rings. The normalized spacial score (nSPS) is 15.0. The first-order valence-corrected chi connectivity index (χ1v) is 9.12. The van der Waals surface area contributed by atoms with Crippen molar-refractivity contribution in [3.05, 3.63) is 65.4 Å². The van der Waals surface area contributed by atoms with E-state index in [0.717, 1.165) is 24.3 Å². The molecule has 0 bridgehead atoms. The Morgan fingerprint density at radius 3 is 2.61 bits per heavy atom.